The highest BCUT2D eigenvalue weighted by atomic mass is 16.4. The summed E-state index contributed by atoms with van der Waals surface area (Å²) in [4.78, 5) is 14.4. The van der Waals surface area contributed by atoms with Crippen molar-refractivity contribution in [2.24, 2.45) is 5.73 Å². The minimum atomic E-state index is -0.833. The Kier molecular flexibility index (Phi) is 3.49. The van der Waals surface area contributed by atoms with Crippen molar-refractivity contribution in [3.05, 3.63) is 29.8 Å². The van der Waals surface area contributed by atoms with Gasteiger partial charge in [-0.1, -0.05) is 12.1 Å². The molecule has 1 fully saturated rings. The smallest absolute Gasteiger partial charge is 0.407 e. The SMILES string of the molecule is NCc1cccc(N2CCN(C(=O)O)CC2)c1. The van der Waals surface area contributed by atoms with E-state index in [4.69, 9.17) is 10.8 Å². The molecule has 0 atom stereocenters. The van der Waals surface area contributed by atoms with Crippen molar-refractivity contribution in [2.75, 3.05) is 31.1 Å². The molecule has 0 aliphatic carbocycles. The molecule has 17 heavy (non-hydrogen) atoms. The summed E-state index contributed by atoms with van der Waals surface area (Å²) < 4.78 is 0. The van der Waals surface area contributed by atoms with Crippen molar-refractivity contribution < 1.29 is 9.90 Å². The van der Waals surface area contributed by atoms with E-state index < -0.39 is 6.09 Å². The molecule has 1 aliphatic rings. The molecule has 0 radical (unpaired) electrons. The van der Waals surface area contributed by atoms with Crippen molar-refractivity contribution in [3.63, 3.8) is 0 Å². The van der Waals surface area contributed by atoms with E-state index in [-0.39, 0.29) is 0 Å². The van der Waals surface area contributed by atoms with Crippen molar-refractivity contribution in [1.82, 2.24) is 4.90 Å². The molecule has 0 aromatic heterocycles. The van der Waals surface area contributed by atoms with Gasteiger partial charge >= 0.3 is 6.09 Å². The zero-order chi connectivity index (χ0) is 12.3. The third kappa shape index (κ3) is 2.68. The molecule has 1 aromatic rings. The first-order valence-corrected chi connectivity index (χ1v) is 5.72. The Morgan fingerprint density at radius 1 is 1.29 bits per heavy atom. The van der Waals surface area contributed by atoms with Crippen molar-refractivity contribution in [3.8, 4) is 0 Å². The first kappa shape index (κ1) is 11.7. The first-order valence-electron chi connectivity index (χ1n) is 5.72. The number of benzene rings is 1. The van der Waals surface area contributed by atoms with Gasteiger partial charge in [-0.25, -0.2) is 4.79 Å². The summed E-state index contributed by atoms with van der Waals surface area (Å²) in [6.45, 7) is 3.12. The summed E-state index contributed by atoms with van der Waals surface area (Å²) in [5, 5.41) is 8.87. The number of amides is 1. The highest BCUT2D eigenvalue weighted by Gasteiger charge is 2.20. The third-order valence-corrected chi connectivity index (χ3v) is 3.06. The highest BCUT2D eigenvalue weighted by Crippen LogP contribution is 2.17. The monoisotopic (exact) mass is 235 g/mol. The number of anilines is 1. The van der Waals surface area contributed by atoms with Crippen LogP contribution in [0.15, 0.2) is 24.3 Å². The molecule has 0 bridgehead atoms. The summed E-state index contributed by atoms with van der Waals surface area (Å²) in [5.41, 5.74) is 7.83. The molecule has 0 spiro atoms. The van der Waals surface area contributed by atoms with Gasteiger partial charge in [-0.3, -0.25) is 0 Å². The molecule has 5 nitrogen and oxygen atoms in total. The van der Waals surface area contributed by atoms with Gasteiger partial charge in [-0.2, -0.15) is 0 Å². The second-order valence-corrected chi connectivity index (χ2v) is 4.13. The van der Waals surface area contributed by atoms with Crippen LogP contribution in [0.5, 0.6) is 0 Å². The van der Waals surface area contributed by atoms with Crippen LogP contribution in [0.2, 0.25) is 0 Å². The van der Waals surface area contributed by atoms with Crippen LogP contribution in [0.3, 0.4) is 0 Å². The maximum absolute atomic E-state index is 10.8. The maximum atomic E-state index is 10.8. The second-order valence-electron chi connectivity index (χ2n) is 4.13. The molecule has 1 heterocycles. The van der Waals surface area contributed by atoms with E-state index in [2.05, 4.69) is 11.0 Å². The molecule has 1 amide bonds. The van der Waals surface area contributed by atoms with Gasteiger partial charge in [-0.15, -0.1) is 0 Å². The van der Waals surface area contributed by atoms with Crippen LogP contribution in [-0.4, -0.2) is 42.3 Å². The van der Waals surface area contributed by atoms with Crippen LogP contribution < -0.4 is 10.6 Å². The van der Waals surface area contributed by atoms with Gasteiger partial charge in [-0.05, 0) is 17.7 Å². The standard InChI is InChI=1S/C12H17N3O2/c13-9-10-2-1-3-11(8-10)14-4-6-15(7-5-14)12(16)17/h1-3,8H,4-7,9,13H2,(H,16,17). The largest absolute Gasteiger partial charge is 0.465 e. The third-order valence-electron chi connectivity index (χ3n) is 3.06. The topological polar surface area (TPSA) is 69.8 Å². The van der Waals surface area contributed by atoms with Crippen LogP contribution in [0, 0.1) is 0 Å². The Balaban J connectivity index is 2.02. The van der Waals surface area contributed by atoms with Gasteiger partial charge in [0.2, 0.25) is 0 Å². The van der Waals surface area contributed by atoms with E-state index >= 15 is 0 Å². The summed E-state index contributed by atoms with van der Waals surface area (Å²) in [6, 6.07) is 8.09. The van der Waals surface area contributed by atoms with E-state index in [0.29, 0.717) is 19.6 Å². The van der Waals surface area contributed by atoms with Crippen LogP contribution in [0.4, 0.5) is 10.5 Å². The lowest BCUT2D eigenvalue weighted by atomic mass is 10.1. The lowest BCUT2D eigenvalue weighted by Gasteiger charge is -2.34. The van der Waals surface area contributed by atoms with Crippen LogP contribution in [-0.2, 0) is 6.54 Å². The summed E-state index contributed by atoms with van der Waals surface area (Å²) >= 11 is 0. The summed E-state index contributed by atoms with van der Waals surface area (Å²) in [7, 11) is 0. The molecule has 1 aromatic carbocycles. The predicted octanol–water partition coefficient (Wildman–Crippen LogP) is 0.945. The van der Waals surface area contributed by atoms with Crippen LogP contribution in [0.25, 0.3) is 0 Å². The van der Waals surface area contributed by atoms with Crippen molar-refractivity contribution in [1.29, 1.82) is 0 Å². The zero-order valence-corrected chi connectivity index (χ0v) is 9.67. The highest BCUT2D eigenvalue weighted by molar-refractivity contribution is 5.65. The molecule has 92 valence electrons. The fraction of sp³-hybridized carbons (Fsp3) is 0.417. The lowest BCUT2D eigenvalue weighted by Crippen LogP contribution is -2.48. The molecule has 2 rings (SSSR count). The number of carbonyl (C=O) groups is 1. The zero-order valence-electron chi connectivity index (χ0n) is 9.67. The Labute approximate surface area is 100 Å². The number of hydrogen-bond acceptors (Lipinski definition) is 3. The number of hydrogen-bond donors (Lipinski definition) is 2. The van der Waals surface area contributed by atoms with E-state index in [9.17, 15) is 4.79 Å². The van der Waals surface area contributed by atoms with Gasteiger partial charge in [0.15, 0.2) is 0 Å². The molecule has 0 unspecified atom stereocenters. The van der Waals surface area contributed by atoms with Crippen molar-refractivity contribution in [2.45, 2.75) is 6.54 Å². The number of nitrogens with zero attached hydrogens (tertiary/aromatic N) is 2. The van der Waals surface area contributed by atoms with Crippen molar-refractivity contribution >= 4 is 11.8 Å². The second kappa shape index (κ2) is 5.05. The fourth-order valence-corrected chi connectivity index (χ4v) is 2.04. The molecular formula is C12H17N3O2. The van der Waals surface area contributed by atoms with E-state index in [1.54, 1.807) is 0 Å². The number of nitrogens with two attached hydrogens (primary N) is 1. The molecule has 5 heteroatoms. The molecule has 3 N–H and O–H groups in total. The van der Waals surface area contributed by atoms with Gasteiger partial charge in [0.1, 0.15) is 0 Å². The minimum absolute atomic E-state index is 0.531. The minimum Gasteiger partial charge on any atom is -0.465 e. The van der Waals surface area contributed by atoms with Gasteiger partial charge in [0, 0.05) is 38.4 Å². The predicted molar refractivity (Wildman–Crippen MR) is 66.1 cm³/mol. The molecule has 1 aliphatic heterocycles. The number of piperazine rings is 1. The summed E-state index contributed by atoms with van der Waals surface area (Å²) in [5.74, 6) is 0. The van der Waals surface area contributed by atoms with Crippen LogP contribution in [0.1, 0.15) is 5.56 Å². The quantitative estimate of drug-likeness (QED) is 0.800. The van der Waals surface area contributed by atoms with E-state index in [1.807, 2.05) is 18.2 Å². The average Bonchev–Trinajstić information content (AvgIpc) is 2.39. The Morgan fingerprint density at radius 3 is 2.59 bits per heavy atom. The van der Waals surface area contributed by atoms with E-state index in [0.717, 1.165) is 24.3 Å². The van der Waals surface area contributed by atoms with Gasteiger partial charge < -0.3 is 20.6 Å². The normalized spacial score (nSPS) is 16.1. The Hall–Kier alpha value is -1.75. The van der Waals surface area contributed by atoms with Gasteiger partial charge in [0.25, 0.3) is 0 Å². The van der Waals surface area contributed by atoms with Crippen LogP contribution >= 0.6 is 0 Å². The Morgan fingerprint density at radius 2 is 2.00 bits per heavy atom. The molecule has 1 saturated heterocycles. The first-order chi connectivity index (χ1) is 8.20. The summed E-state index contributed by atoms with van der Waals surface area (Å²) in [6.07, 6.45) is -0.833. The van der Waals surface area contributed by atoms with E-state index in [1.165, 1.54) is 4.90 Å². The molecular weight excluding hydrogens is 218 g/mol. The number of carboxylic acid groups (broad SMARTS) is 1. The maximum Gasteiger partial charge on any atom is 0.407 e. The number of rotatable bonds is 2. The molecule has 0 saturated carbocycles. The average molecular weight is 235 g/mol. The van der Waals surface area contributed by atoms with Gasteiger partial charge in [0.05, 0.1) is 0 Å². The fourth-order valence-electron chi connectivity index (χ4n) is 2.04. The Bertz CT molecular complexity index is 400. The lowest BCUT2D eigenvalue weighted by molar-refractivity contribution is 0.142.